The molecule has 0 radical (unpaired) electrons. The van der Waals surface area contributed by atoms with Crippen LogP contribution in [0, 0.1) is 0 Å². The Morgan fingerprint density at radius 2 is 1.67 bits per heavy atom. The Labute approximate surface area is 283 Å². The highest BCUT2D eigenvalue weighted by Crippen LogP contribution is 2.38. The van der Waals surface area contributed by atoms with Crippen LogP contribution in [0.2, 0.25) is 10.0 Å². The van der Waals surface area contributed by atoms with Gasteiger partial charge in [0.15, 0.2) is 6.10 Å². The predicted octanol–water partition coefficient (Wildman–Crippen LogP) is 6.74. The van der Waals surface area contributed by atoms with Gasteiger partial charge in [0.05, 0.1) is 10.7 Å². The van der Waals surface area contributed by atoms with Gasteiger partial charge in [-0.3, -0.25) is 14.3 Å². The van der Waals surface area contributed by atoms with Gasteiger partial charge in [0, 0.05) is 66.8 Å². The summed E-state index contributed by atoms with van der Waals surface area (Å²) in [6.45, 7) is 6.00. The van der Waals surface area contributed by atoms with E-state index >= 15 is 0 Å². The van der Waals surface area contributed by atoms with Crippen LogP contribution >= 0.6 is 23.2 Å². The van der Waals surface area contributed by atoms with Crippen molar-refractivity contribution < 1.29 is 41.4 Å². The van der Waals surface area contributed by atoms with Crippen molar-refractivity contribution in [1.29, 1.82) is 0 Å². The molecule has 0 aliphatic carbocycles. The van der Waals surface area contributed by atoms with E-state index in [0.29, 0.717) is 48.8 Å². The van der Waals surface area contributed by atoms with Gasteiger partial charge in [-0.05, 0) is 63.6 Å². The fourth-order valence-electron chi connectivity index (χ4n) is 5.77. The van der Waals surface area contributed by atoms with E-state index in [1.807, 2.05) is 30.7 Å². The quantitative estimate of drug-likeness (QED) is 0.212. The molecule has 1 saturated heterocycles. The number of aliphatic hydroxyl groups excluding tert-OH is 2. The number of piperidine rings is 1. The van der Waals surface area contributed by atoms with E-state index in [0.717, 1.165) is 25.5 Å². The first kappa shape index (κ1) is 37.7. The van der Waals surface area contributed by atoms with E-state index in [1.54, 1.807) is 24.3 Å². The molecule has 17 heteroatoms. The van der Waals surface area contributed by atoms with Gasteiger partial charge in [-0.25, -0.2) is 9.97 Å². The van der Waals surface area contributed by atoms with E-state index in [-0.39, 0.29) is 33.1 Å². The maximum absolute atomic E-state index is 13.4. The largest absolute Gasteiger partial charge is 0.433 e. The molecule has 1 aliphatic rings. The lowest BCUT2D eigenvalue weighted by atomic mass is 10.00. The number of halogens is 8. The summed E-state index contributed by atoms with van der Waals surface area (Å²) in [4.78, 5) is 26.8. The first-order valence-corrected chi connectivity index (χ1v) is 16.0. The van der Waals surface area contributed by atoms with Gasteiger partial charge in [0.1, 0.15) is 11.6 Å². The van der Waals surface area contributed by atoms with Gasteiger partial charge in [0.25, 0.3) is 5.91 Å². The Hall–Kier alpha value is -3.11. The van der Waals surface area contributed by atoms with Crippen molar-refractivity contribution in [3.05, 3.63) is 64.0 Å². The minimum Gasteiger partial charge on any atom is -0.378 e. The number of amides is 1. The van der Waals surface area contributed by atoms with Crippen LogP contribution in [0.1, 0.15) is 61.5 Å². The number of rotatable bonds is 11. The number of likely N-dealkylation sites (tertiary alicyclic amines) is 1. The zero-order valence-corrected chi connectivity index (χ0v) is 27.8. The average molecular weight is 726 g/mol. The van der Waals surface area contributed by atoms with Crippen LogP contribution in [0.5, 0.6) is 0 Å². The Bertz CT molecular complexity index is 1550. The van der Waals surface area contributed by atoms with Gasteiger partial charge in [-0.15, -0.1) is 0 Å². The van der Waals surface area contributed by atoms with Crippen molar-refractivity contribution in [2.24, 2.45) is 0 Å². The Balaban J connectivity index is 1.50. The Morgan fingerprint density at radius 1 is 1.04 bits per heavy atom. The molecule has 1 aromatic carbocycles. The number of pyridine rings is 1. The van der Waals surface area contributed by atoms with Crippen molar-refractivity contribution in [3.8, 4) is 11.4 Å². The average Bonchev–Trinajstić information content (AvgIpc) is 3.49. The summed E-state index contributed by atoms with van der Waals surface area (Å²) in [5.74, 6) is -0.471. The zero-order chi connectivity index (χ0) is 35.6. The zero-order valence-electron chi connectivity index (χ0n) is 26.3. The minimum absolute atomic E-state index is 0.00477. The molecule has 0 bridgehead atoms. The van der Waals surface area contributed by atoms with Crippen LogP contribution in [0.15, 0.2) is 42.7 Å². The number of hydrogen-bond acceptors (Lipinski definition) is 7. The van der Waals surface area contributed by atoms with Crippen molar-refractivity contribution in [2.75, 3.05) is 38.1 Å². The molecule has 48 heavy (non-hydrogen) atoms. The molecule has 9 nitrogen and oxygen atoms in total. The minimum atomic E-state index is -5.25. The van der Waals surface area contributed by atoms with Crippen LogP contribution in [0.25, 0.3) is 11.4 Å². The SMILES string of the molecule is CC[C@@H](CN(CC)c1ncc(-c2nc(C(O)C(F)(F)F)cn2C(O)C(F)(F)F)cc1Cl)N(C)C1CCN(C(=O)c2ccc(Cl)cc2)CC1. The standard InChI is InChI=1S/C31H36Cl2F6N6O3/c1-4-21(42(3)22-10-12-44(13-11-22)28(47)18-6-8-20(32)9-7-18)16-43(5-2)27-23(33)14-19(15-40-27)26-41-24(25(46)30(34,35)36)17-45(26)29(48)31(37,38)39/h6-9,14-15,17,21-22,25,29,46,48H,4-5,10-13,16H2,1-3H3/t21-,25?,29?/m0/s1. The molecule has 264 valence electrons. The molecule has 1 amide bonds. The molecular formula is C31H36Cl2F6N6O3. The van der Waals surface area contributed by atoms with E-state index < -0.39 is 36.2 Å². The molecule has 1 fully saturated rings. The fourth-order valence-corrected chi connectivity index (χ4v) is 6.18. The number of aliphatic hydroxyl groups is 2. The topological polar surface area (TPSA) is 98.0 Å². The summed E-state index contributed by atoms with van der Waals surface area (Å²) in [6, 6.07) is 8.19. The number of aromatic nitrogens is 3. The number of nitrogens with zero attached hydrogens (tertiary/aromatic N) is 6. The van der Waals surface area contributed by atoms with E-state index in [9.17, 15) is 41.4 Å². The molecule has 0 spiro atoms. The summed E-state index contributed by atoms with van der Waals surface area (Å²) in [5.41, 5.74) is -0.760. The van der Waals surface area contributed by atoms with Crippen LogP contribution in [-0.2, 0) is 0 Å². The highest BCUT2D eigenvalue weighted by atomic mass is 35.5. The second-order valence-corrected chi connectivity index (χ2v) is 12.4. The fraction of sp³-hybridized carbons (Fsp3) is 0.516. The van der Waals surface area contributed by atoms with Crippen LogP contribution in [0.3, 0.4) is 0 Å². The maximum atomic E-state index is 13.4. The number of likely N-dealkylation sites (N-methyl/N-ethyl adjacent to an activating group) is 2. The molecular weight excluding hydrogens is 689 g/mol. The first-order valence-electron chi connectivity index (χ1n) is 15.2. The molecule has 2 N–H and O–H groups in total. The lowest BCUT2D eigenvalue weighted by Gasteiger charge is -2.41. The van der Waals surface area contributed by atoms with Crippen molar-refractivity contribution >= 4 is 34.9 Å². The molecule has 3 atom stereocenters. The monoisotopic (exact) mass is 724 g/mol. The molecule has 3 heterocycles. The summed E-state index contributed by atoms with van der Waals surface area (Å²) >= 11 is 12.5. The van der Waals surface area contributed by atoms with Gasteiger partial charge in [-0.2, -0.15) is 26.3 Å². The van der Waals surface area contributed by atoms with Gasteiger partial charge in [-0.1, -0.05) is 30.1 Å². The number of carbonyl (C=O) groups is 1. The second-order valence-electron chi connectivity index (χ2n) is 11.6. The highest BCUT2D eigenvalue weighted by molar-refractivity contribution is 6.33. The normalized spacial score (nSPS) is 16.7. The van der Waals surface area contributed by atoms with E-state index in [1.165, 1.54) is 6.07 Å². The van der Waals surface area contributed by atoms with Crippen LogP contribution in [-0.4, -0.2) is 98.1 Å². The van der Waals surface area contributed by atoms with E-state index in [2.05, 4.69) is 14.9 Å². The molecule has 2 unspecified atom stereocenters. The van der Waals surface area contributed by atoms with Crippen molar-refractivity contribution in [1.82, 2.24) is 24.3 Å². The summed E-state index contributed by atoms with van der Waals surface area (Å²) in [5, 5.41) is 20.1. The number of anilines is 1. The summed E-state index contributed by atoms with van der Waals surface area (Å²) in [6.07, 6.45) is -13.2. The van der Waals surface area contributed by atoms with Crippen molar-refractivity contribution in [2.45, 2.75) is 69.9 Å². The third-order valence-corrected chi connectivity index (χ3v) is 9.09. The molecule has 4 rings (SSSR count). The third-order valence-electron chi connectivity index (χ3n) is 8.56. The number of alkyl halides is 6. The molecule has 0 saturated carbocycles. The summed E-state index contributed by atoms with van der Waals surface area (Å²) in [7, 11) is 2.01. The van der Waals surface area contributed by atoms with Gasteiger partial charge < -0.3 is 20.0 Å². The van der Waals surface area contributed by atoms with Gasteiger partial charge in [0.2, 0.25) is 6.23 Å². The molecule has 1 aliphatic heterocycles. The maximum Gasteiger partial charge on any atom is 0.433 e. The number of imidazole rings is 1. The van der Waals surface area contributed by atoms with E-state index in [4.69, 9.17) is 23.2 Å². The molecule has 3 aromatic rings. The van der Waals surface area contributed by atoms with Gasteiger partial charge >= 0.3 is 12.4 Å². The van der Waals surface area contributed by atoms with Crippen LogP contribution < -0.4 is 4.90 Å². The Morgan fingerprint density at radius 3 is 2.19 bits per heavy atom. The highest BCUT2D eigenvalue weighted by Gasteiger charge is 2.45. The Kier molecular flexibility index (Phi) is 11.9. The summed E-state index contributed by atoms with van der Waals surface area (Å²) < 4.78 is 79.7. The van der Waals surface area contributed by atoms with Crippen LogP contribution in [0.4, 0.5) is 32.2 Å². The van der Waals surface area contributed by atoms with Crippen molar-refractivity contribution in [3.63, 3.8) is 0 Å². The molecule has 2 aromatic heterocycles. The number of carbonyl (C=O) groups excluding carboxylic acids is 1. The first-order chi connectivity index (χ1) is 22.5. The lowest BCUT2D eigenvalue weighted by molar-refractivity contribution is -0.231. The predicted molar refractivity (Wildman–Crippen MR) is 169 cm³/mol. The lowest BCUT2D eigenvalue weighted by Crippen LogP contribution is -2.51. The smallest absolute Gasteiger partial charge is 0.378 e. The second kappa shape index (κ2) is 15.2. The third kappa shape index (κ3) is 8.54. The number of hydrogen-bond donors (Lipinski definition) is 2. The number of benzene rings is 1.